The number of hydrogen-bond acceptors (Lipinski definition) is 2. The smallest absolute Gasteiger partial charge is 0.251 e. The van der Waals surface area contributed by atoms with Crippen molar-refractivity contribution in [3.05, 3.63) is 48.0 Å². The summed E-state index contributed by atoms with van der Waals surface area (Å²) in [6.45, 7) is 5.51. The summed E-state index contributed by atoms with van der Waals surface area (Å²) in [7, 11) is 0. The molecule has 2 aromatic rings. The quantitative estimate of drug-likeness (QED) is 0.931. The molecular formula is C21H26N2O. The average Bonchev–Trinajstić information content (AvgIpc) is 2.66. The molecule has 3 fully saturated rings. The Bertz CT molecular complexity index is 741. The summed E-state index contributed by atoms with van der Waals surface area (Å²) >= 11 is 0. The zero-order valence-corrected chi connectivity index (χ0v) is 14.4. The zero-order valence-electron chi connectivity index (χ0n) is 14.4. The molecule has 5 rings (SSSR count). The number of fused-ring (bicyclic) bond motifs is 4. The van der Waals surface area contributed by atoms with Crippen molar-refractivity contribution in [1.82, 2.24) is 10.2 Å². The highest BCUT2D eigenvalue weighted by Crippen LogP contribution is 2.37. The van der Waals surface area contributed by atoms with E-state index in [2.05, 4.69) is 29.3 Å². The molecule has 1 N–H and O–H groups in total. The number of carbonyl (C=O) groups excluding carboxylic acids is 1. The standard InChI is InChI=1S/C21H26N2O/c1-2-15-14-23-10-9-18(15)12-20(23)13-22-21(24)19-8-7-16-5-3-4-6-17(16)11-19/h3-8,11,15,18,20H,2,9-10,12-14H2,1H3,(H,22,24). The van der Waals surface area contributed by atoms with Crippen LogP contribution in [0.25, 0.3) is 10.8 Å². The molecule has 3 saturated heterocycles. The first-order chi connectivity index (χ1) is 11.7. The SMILES string of the molecule is CCC1CN2CCC1CC2CNC(=O)c1ccc2ccccc2c1. The lowest BCUT2D eigenvalue weighted by Crippen LogP contribution is -2.56. The van der Waals surface area contributed by atoms with Gasteiger partial charge in [0, 0.05) is 24.7 Å². The van der Waals surface area contributed by atoms with E-state index in [0.29, 0.717) is 6.04 Å². The van der Waals surface area contributed by atoms with E-state index >= 15 is 0 Å². The minimum atomic E-state index is 0.0513. The minimum Gasteiger partial charge on any atom is -0.350 e. The van der Waals surface area contributed by atoms with E-state index in [9.17, 15) is 4.79 Å². The molecule has 0 aromatic heterocycles. The Kier molecular flexibility index (Phi) is 4.28. The van der Waals surface area contributed by atoms with Gasteiger partial charge in [-0.05, 0) is 54.1 Å². The highest BCUT2D eigenvalue weighted by molar-refractivity contribution is 5.98. The van der Waals surface area contributed by atoms with Crippen LogP contribution in [-0.2, 0) is 0 Å². The van der Waals surface area contributed by atoms with Crippen LogP contribution in [0, 0.1) is 11.8 Å². The summed E-state index contributed by atoms with van der Waals surface area (Å²) in [6, 6.07) is 14.6. The van der Waals surface area contributed by atoms with Gasteiger partial charge >= 0.3 is 0 Å². The number of piperidine rings is 3. The lowest BCUT2D eigenvalue weighted by Gasteiger charge is -2.50. The fourth-order valence-corrected chi connectivity index (χ4v) is 4.57. The van der Waals surface area contributed by atoms with Crippen LogP contribution in [0.15, 0.2) is 42.5 Å². The normalized spacial score (nSPS) is 28.9. The van der Waals surface area contributed by atoms with E-state index in [4.69, 9.17) is 0 Å². The van der Waals surface area contributed by atoms with Crippen molar-refractivity contribution >= 4 is 16.7 Å². The minimum absolute atomic E-state index is 0.0513. The van der Waals surface area contributed by atoms with Crippen molar-refractivity contribution in [3.8, 4) is 0 Å². The van der Waals surface area contributed by atoms with Gasteiger partial charge in [-0.3, -0.25) is 9.69 Å². The second-order valence-corrected chi connectivity index (χ2v) is 7.37. The van der Waals surface area contributed by atoms with Crippen molar-refractivity contribution in [1.29, 1.82) is 0 Å². The van der Waals surface area contributed by atoms with Gasteiger partial charge in [-0.2, -0.15) is 0 Å². The highest BCUT2D eigenvalue weighted by Gasteiger charge is 2.38. The average molecular weight is 322 g/mol. The molecule has 3 heterocycles. The predicted molar refractivity (Wildman–Crippen MR) is 98.1 cm³/mol. The molecule has 3 aliphatic heterocycles. The predicted octanol–water partition coefficient (Wildman–Crippen LogP) is 3.69. The van der Waals surface area contributed by atoms with Gasteiger partial charge in [0.05, 0.1) is 0 Å². The van der Waals surface area contributed by atoms with Crippen LogP contribution in [0.1, 0.15) is 36.5 Å². The maximum absolute atomic E-state index is 12.5. The Morgan fingerprint density at radius 2 is 2.04 bits per heavy atom. The monoisotopic (exact) mass is 322 g/mol. The second-order valence-electron chi connectivity index (χ2n) is 7.37. The summed E-state index contributed by atoms with van der Waals surface area (Å²) in [5.41, 5.74) is 0.760. The Morgan fingerprint density at radius 1 is 1.21 bits per heavy atom. The number of hydrogen-bond donors (Lipinski definition) is 1. The van der Waals surface area contributed by atoms with Gasteiger partial charge in [0.15, 0.2) is 0 Å². The number of carbonyl (C=O) groups is 1. The molecule has 1 amide bonds. The van der Waals surface area contributed by atoms with Crippen LogP contribution in [-0.4, -0.2) is 36.5 Å². The molecule has 0 radical (unpaired) electrons. The van der Waals surface area contributed by atoms with E-state index in [1.807, 2.05) is 30.3 Å². The van der Waals surface area contributed by atoms with Gasteiger partial charge in [-0.1, -0.05) is 43.7 Å². The molecule has 126 valence electrons. The number of nitrogens with zero attached hydrogens (tertiary/aromatic N) is 1. The number of amides is 1. The van der Waals surface area contributed by atoms with Crippen LogP contribution in [0.2, 0.25) is 0 Å². The van der Waals surface area contributed by atoms with Gasteiger partial charge in [0.2, 0.25) is 0 Å². The number of benzene rings is 2. The molecule has 0 spiro atoms. The second kappa shape index (κ2) is 6.56. The maximum atomic E-state index is 12.5. The van der Waals surface area contributed by atoms with Gasteiger partial charge in [-0.15, -0.1) is 0 Å². The fourth-order valence-electron chi connectivity index (χ4n) is 4.57. The van der Waals surface area contributed by atoms with Crippen LogP contribution < -0.4 is 5.32 Å². The zero-order chi connectivity index (χ0) is 16.5. The summed E-state index contributed by atoms with van der Waals surface area (Å²) in [5, 5.41) is 5.47. The number of rotatable bonds is 4. The van der Waals surface area contributed by atoms with Gasteiger partial charge in [0.1, 0.15) is 0 Å². The molecule has 2 aromatic carbocycles. The third kappa shape index (κ3) is 2.93. The molecule has 0 saturated carbocycles. The summed E-state index contributed by atoms with van der Waals surface area (Å²) in [4.78, 5) is 15.1. The highest BCUT2D eigenvalue weighted by atomic mass is 16.1. The van der Waals surface area contributed by atoms with E-state index < -0.39 is 0 Å². The van der Waals surface area contributed by atoms with Gasteiger partial charge in [-0.25, -0.2) is 0 Å². The Morgan fingerprint density at radius 3 is 2.79 bits per heavy atom. The van der Waals surface area contributed by atoms with E-state index in [1.165, 1.54) is 37.7 Å². The first-order valence-corrected chi connectivity index (χ1v) is 9.25. The Labute approximate surface area is 144 Å². The van der Waals surface area contributed by atoms with Crippen molar-refractivity contribution < 1.29 is 4.79 Å². The van der Waals surface area contributed by atoms with Crippen LogP contribution in [0.3, 0.4) is 0 Å². The lowest BCUT2D eigenvalue weighted by atomic mass is 9.74. The lowest BCUT2D eigenvalue weighted by molar-refractivity contribution is 0.000727. The molecule has 3 aliphatic rings. The Balaban J connectivity index is 1.39. The van der Waals surface area contributed by atoms with E-state index in [0.717, 1.165) is 29.3 Å². The van der Waals surface area contributed by atoms with Gasteiger partial charge < -0.3 is 5.32 Å². The van der Waals surface area contributed by atoms with Crippen molar-refractivity contribution in [2.75, 3.05) is 19.6 Å². The third-order valence-corrected chi connectivity index (χ3v) is 6.05. The number of nitrogens with one attached hydrogen (secondary N) is 1. The molecular weight excluding hydrogens is 296 g/mol. The van der Waals surface area contributed by atoms with Crippen LogP contribution >= 0.6 is 0 Å². The molecule has 3 heteroatoms. The molecule has 24 heavy (non-hydrogen) atoms. The molecule has 4 atom stereocenters. The summed E-state index contributed by atoms with van der Waals surface area (Å²) in [6.07, 6.45) is 3.88. The van der Waals surface area contributed by atoms with Crippen molar-refractivity contribution in [2.24, 2.45) is 11.8 Å². The Hall–Kier alpha value is -1.87. The van der Waals surface area contributed by atoms with Crippen molar-refractivity contribution in [2.45, 2.75) is 32.2 Å². The summed E-state index contributed by atoms with van der Waals surface area (Å²) in [5.74, 6) is 1.78. The van der Waals surface area contributed by atoms with Crippen molar-refractivity contribution in [3.63, 3.8) is 0 Å². The van der Waals surface area contributed by atoms with E-state index in [1.54, 1.807) is 0 Å². The van der Waals surface area contributed by atoms with E-state index in [-0.39, 0.29) is 5.91 Å². The molecule has 2 bridgehead atoms. The first-order valence-electron chi connectivity index (χ1n) is 9.25. The van der Waals surface area contributed by atoms with Crippen LogP contribution in [0.5, 0.6) is 0 Å². The van der Waals surface area contributed by atoms with Crippen LogP contribution in [0.4, 0.5) is 0 Å². The molecule has 3 nitrogen and oxygen atoms in total. The topological polar surface area (TPSA) is 32.3 Å². The fraction of sp³-hybridized carbons (Fsp3) is 0.476. The maximum Gasteiger partial charge on any atom is 0.251 e. The third-order valence-electron chi connectivity index (χ3n) is 6.05. The molecule has 4 unspecified atom stereocenters. The first kappa shape index (κ1) is 15.6. The molecule has 0 aliphatic carbocycles. The largest absolute Gasteiger partial charge is 0.350 e. The van der Waals surface area contributed by atoms with Gasteiger partial charge in [0.25, 0.3) is 5.91 Å². The summed E-state index contributed by atoms with van der Waals surface area (Å²) < 4.78 is 0.